The van der Waals surface area contributed by atoms with Crippen LogP contribution in [-0.4, -0.2) is 58.4 Å². The highest BCUT2D eigenvalue weighted by molar-refractivity contribution is 9.09. The molecule has 0 radical (unpaired) electrons. The van der Waals surface area contributed by atoms with Gasteiger partial charge < -0.3 is 14.9 Å². The maximum atomic E-state index is 11.6. The number of amides is 2. The number of alkyl halides is 1. The Balaban J connectivity index is 1.93. The second-order valence-corrected chi connectivity index (χ2v) is 5.36. The van der Waals surface area contributed by atoms with Crippen molar-refractivity contribution in [2.24, 2.45) is 11.8 Å². The van der Waals surface area contributed by atoms with Gasteiger partial charge in [0.15, 0.2) is 0 Å². The van der Waals surface area contributed by atoms with Crippen molar-refractivity contribution in [1.82, 2.24) is 9.80 Å². The Morgan fingerprint density at radius 3 is 2.06 bits per heavy atom. The van der Waals surface area contributed by atoms with Crippen LogP contribution in [0.1, 0.15) is 12.8 Å². The summed E-state index contributed by atoms with van der Waals surface area (Å²) in [4.78, 5) is 25.9. The van der Waals surface area contributed by atoms with E-state index >= 15 is 0 Å². The van der Waals surface area contributed by atoms with E-state index in [4.69, 9.17) is 5.11 Å². The molecular formula is C11H17BrN2O3. The lowest BCUT2D eigenvalue weighted by Crippen LogP contribution is -2.34. The number of carbonyl (C=O) groups excluding carboxylic acids is 1. The molecule has 0 aliphatic carbocycles. The fraction of sp³-hybridized carbons (Fsp3) is 0.818. The second kappa shape index (κ2) is 5.25. The highest BCUT2D eigenvalue weighted by Crippen LogP contribution is 2.31. The molecule has 6 heteroatoms. The highest BCUT2D eigenvalue weighted by atomic mass is 79.9. The predicted molar refractivity (Wildman–Crippen MR) is 66.2 cm³/mol. The molecule has 5 nitrogen and oxygen atoms in total. The summed E-state index contributed by atoms with van der Waals surface area (Å²) in [5.41, 5.74) is 0. The summed E-state index contributed by atoms with van der Waals surface area (Å²) in [5.74, 6) is 0.999. The van der Waals surface area contributed by atoms with Crippen molar-refractivity contribution in [3.8, 4) is 0 Å². The Bertz CT molecular complexity index is 308. The van der Waals surface area contributed by atoms with E-state index in [0.29, 0.717) is 30.3 Å². The Morgan fingerprint density at radius 2 is 1.65 bits per heavy atom. The number of carboxylic acid groups (broad SMARTS) is 1. The van der Waals surface area contributed by atoms with E-state index in [1.54, 1.807) is 0 Å². The molecule has 2 aliphatic heterocycles. The average Bonchev–Trinajstić information content (AvgIpc) is 2.63. The summed E-state index contributed by atoms with van der Waals surface area (Å²) >= 11 is 3.19. The van der Waals surface area contributed by atoms with Gasteiger partial charge in [0.05, 0.1) is 5.33 Å². The summed E-state index contributed by atoms with van der Waals surface area (Å²) in [7, 11) is 0. The molecule has 1 N–H and O–H groups in total. The van der Waals surface area contributed by atoms with Crippen molar-refractivity contribution in [2.45, 2.75) is 12.8 Å². The van der Waals surface area contributed by atoms with Gasteiger partial charge in [0.1, 0.15) is 0 Å². The monoisotopic (exact) mass is 304 g/mol. The first-order valence-electron chi connectivity index (χ1n) is 5.93. The predicted octanol–water partition coefficient (Wildman–Crippen LogP) is 1.23. The number of halogens is 1. The molecule has 0 aromatic carbocycles. The van der Waals surface area contributed by atoms with Crippen molar-refractivity contribution in [1.29, 1.82) is 0 Å². The number of rotatable bonds is 1. The summed E-state index contributed by atoms with van der Waals surface area (Å²) in [6.45, 7) is 2.80. The molecule has 0 aromatic rings. The molecule has 2 amide bonds. The van der Waals surface area contributed by atoms with Gasteiger partial charge >= 0.3 is 6.09 Å². The Hall–Kier alpha value is -0.780. The number of fused-ring (bicyclic) bond motifs is 1. The molecule has 0 bridgehead atoms. The van der Waals surface area contributed by atoms with E-state index in [1.807, 2.05) is 4.90 Å². The lowest BCUT2D eigenvalue weighted by molar-refractivity contribution is -0.128. The van der Waals surface area contributed by atoms with Gasteiger partial charge in [0.25, 0.3) is 0 Å². The molecule has 0 saturated carbocycles. The number of carbonyl (C=O) groups is 2. The third-order valence-electron chi connectivity index (χ3n) is 3.85. The minimum atomic E-state index is -0.813. The normalized spacial score (nSPS) is 28.8. The number of hydrogen-bond acceptors (Lipinski definition) is 2. The fourth-order valence-corrected chi connectivity index (χ4v) is 3.19. The van der Waals surface area contributed by atoms with Gasteiger partial charge in [-0.15, -0.1) is 0 Å². The largest absolute Gasteiger partial charge is 0.465 e. The van der Waals surface area contributed by atoms with Crippen molar-refractivity contribution in [3.63, 3.8) is 0 Å². The fourth-order valence-electron chi connectivity index (χ4n) is 2.84. The Kier molecular flexibility index (Phi) is 3.91. The van der Waals surface area contributed by atoms with E-state index in [0.717, 1.165) is 25.9 Å². The molecule has 17 heavy (non-hydrogen) atoms. The summed E-state index contributed by atoms with van der Waals surface area (Å²) < 4.78 is 0. The molecule has 2 heterocycles. The van der Waals surface area contributed by atoms with Crippen LogP contribution < -0.4 is 0 Å². The number of likely N-dealkylation sites (tertiary alicyclic amines) is 2. The molecule has 2 rings (SSSR count). The summed E-state index contributed by atoms with van der Waals surface area (Å²) in [6, 6.07) is 0. The van der Waals surface area contributed by atoms with E-state index in [1.165, 1.54) is 4.90 Å². The molecule has 96 valence electrons. The van der Waals surface area contributed by atoms with Crippen LogP contribution in [0.25, 0.3) is 0 Å². The maximum absolute atomic E-state index is 11.6. The molecule has 0 spiro atoms. The quantitative estimate of drug-likeness (QED) is 0.741. The first-order valence-corrected chi connectivity index (χ1v) is 7.05. The third kappa shape index (κ3) is 2.73. The molecule has 2 saturated heterocycles. The summed E-state index contributed by atoms with van der Waals surface area (Å²) in [5, 5.41) is 9.34. The van der Waals surface area contributed by atoms with E-state index in [2.05, 4.69) is 15.9 Å². The Labute approximate surface area is 109 Å². The first kappa shape index (κ1) is 12.7. The maximum Gasteiger partial charge on any atom is 0.407 e. The van der Waals surface area contributed by atoms with E-state index in [9.17, 15) is 9.59 Å². The smallest absolute Gasteiger partial charge is 0.407 e. The third-order valence-corrected chi connectivity index (χ3v) is 4.33. The Morgan fingerprint density at radius 1 is 1.12 bits per heavy atom. The SMILES string of the molecule is O=C(O)N1CC2CCN(C(=O)CBr)CCC2C1. The van der Waals surface area contributed by atoms with Crippen LogP contribution in [0.5, 0.6) is 0 Å². The molecule has 2 aliphatic rings. The molecule has 0 aromatic heterocycles. The van der Waals surface area contributed by atoms with Crippen molar-refractivity contribution < 1.29 is 14.7 Å². The zero-order chi connectivity index (χ0) is 12.4. The van der Waals surface area contributed by atoms with Crippen LogP contribution in [0.4, 0.5) is 4.79 Å². The van der Waals surface area contributed by atoms with Gasteiger partial charge in [-0.05, 0) is 24.7 Å². The van der Waals surface area contributed by atoms with Crippen molar-refractivity contribution in [3.05, 3.63) is 0 Å². The van der Waals surface area contributed by atoms with Crippen molar-refractivity contribution >= 4 is 27.9 Å². The van der Waals surface area contributed by atoms with Crippen molar-refractivity contribution in [2.75, 3.05) is 31.5 Å². The van der Waals surface area contributed by atoms with Gasteiger partial charge in [-0.25, -0.2) is 4.79 Å². The zero-order valence-corrected chi connectivity index (χ0v) is 11.2. The minimum Gasteiger partial charge on any atom is -0.465 e. The highest BCUT2D eigenvalue weighted by Gasteiger charge is 2.37. The zero-order valence-electron chi connectivity index (χ0n) is 9.64. The van der Waals surface area contributed by atoms with E-state index < -0.39 is 6.09 Å². The van der Waals surface area contributed by atoms with Crippen LogP contribution in [0.2, 0.25) is 0 Å². The lowest BCUT2D eigenvalue weighted by Gasteiger charge is -2.20. The van der Waals surface area contributed by atoms with Gasteiger partial charge in [-0.1, -0.05) is 15.9 Å². The average molecular weight is 305 g/mol. The van der Waals surface area contributed by atoms with Gasteiger partial charge in [0, 0.05) is 26.2 Å². The minimum absolute atomic E-state index is 0.139. The van der Waals surface area contributed by atoms with Gasteiger partial charge in [-0.3, -0.25) is 4.79 Å². The number of hydrogen-bond donors (Lipinski definition) is 1. The van der Waals surface area contributed by atoms with Crippen LogP contribution in [0.15, 0.2) is 0 Å². The van der Waals surface area contributed by atoms with Crippen LogP contribution in [-0.2, 0) is 4.79 Å². The van der Waals surface area contributed by atoms with E-state index in [-0.39, 0.29) is 5.91 Å². The lowest BCUT2D eigenvalue weighted by atomic mass is 9.92. The summed E-state index contributed by atoms with van der Waals surface area (Å²) in [6.07, 6.45) is 1.03. The van der Waals surface area contributed by atoms with Gasteiger partial charge in [-0.2, -0.15) is 0 Å². The topological polar surface area (TPSA) is 60.9 Å². The molecule has 2 atom stereocenters. The van der Waals surface area contributed by atoms with Crippen LogP contribution in [0, 0.1) is 11.8 Å². The second-order valence-electron chi connectivity index (χ2n) is 4.80. The van der Waals surface area contributed by atoms with Crippen LogP contribution >= 0.6 is 15.9 Å². The van der Waals surface area contributed by atoms with Gasteiger partial charge in [0.2, 0.25) is 5.91 Å². The molecule has 2 fully saturated rings. The molecule has 2 unspecified atom stereocenters. The molecular weight excluding hydrogens is 288 g/mol. The standard InChI is InChI=1S/C11H17BrN2O3/c12-5-10(15)13-3-1-8-6-14(11(16)17)7-9(8)2-4-13/h8-9H,1-7H2,(H,16,17). The van der Waals surface area contributed by atoms with Crippen LogP contribution in [0.3, 0.4) is 0 Å². The first-order chi connectivity index (χ1) is 8.11. The number of nitrogens with zero attached hydrogens (tertiary/aromatic N) is 2.